The first kappa shape index (κ1) is 10.4. The molecule has 1 aliphatic carbocycles. The van der Waals surface area contributed by atoms with Crippen LogP contribution in [0.3, 0.4) is 0 Å². The Bertz CT molecular complexity index is 444. The molecule has 0 saturated carbocycles. The van der Waals surface area contributed by atoms with Crippen molar-refractivity contribution in [1.29, 1.82) is 0 Å². The van der Waals surface area contributed by atoms with Crippen molar-refractivity contribution in [1.82, 2.24) is 0 Å². The highest BCUT2D eigenvalue weighted by Gasteiger charge is 2.45. The van der Waals surface area contributed by atoms with Gasteiger partial charge in [-0.05, 0) is 18.2 Å². The van der Waals surface area contributed by atoms with Crippen molar-refractivity contribution in [2.24, 2.45) is 5.73 Å². The number of halogens is 1. The third kappa shape index (κ3) is 1.40. The molecule has 0 fully saturated rings. The molecule has 0 amide bonds. The van der Waals surface area contributed by atoms with Gasteiger partial charge in [0.05, 0.1) is 0 Å². The molecule has 0 aromatic heterocycles. The second-order valence-corrected chi connectivity index (χ2v) is 3.92. The minimum absolute atomic E-state index is 0.330. The van der Waals surface area contributed by atoms with Crippen LogP contribution < -0.4 is 5.73 Å². The third-order valence-corrected chi connectivity index (χ3v) is 2.95. The van der Waals surface area contributed by atoms with E-state index in [4.69, 9.17) is 17.3 Å². The molecule has 0 radical (unpaired) electrons. The average Bonchev–Trinajstić information content (AvgIpc) is 2.48. The molecule has 2 rings (SSSR count). The van der Waals surface area contributed by atoms with Crippen LogP contribution in [0, 0.1) is 0 Å². The van der Waals surface area contributed by atoms with E-state index in [0.29, 0.717) is 10.6 Å². The highest BCUT2D eigenvalue weighted by atomic mass is 35.5. The molecular weight excluding hydrogens is 214 g/mol. The summed E-state index contributed by atoms with van der Waals surface area (Å²) in [6.07, 6.45) is 1.64. The van der Waals surface area contributed by atoms with Crippen LogP contribution >= 0.6 is 11.6 Å². The Hall–Kier alpha value is -1.16. The molecule has 2 atom stereocenters. The summed E-state index contributed by atoms with van der Waals surface area (Å²) < 4.78 is 0. The number of carbonyl (C=O) groups is 1. The Morgan fingerprint density at radius 3 is 2.60 bits per heavy atom. The summed E-state index contributed by atoms with van der Waals surface area (Å²) in [5.74, 6) is -0.330. The molecule has 3 N–H and O–H groups in total. The van der Waals surface area contributed by atoms with Crippen LogP contribution in [-0.2, 0) is 10.3 Å². The fourth-order valence-electron chi connectivity index (χ4n) is 1.70. The Kier molecular flexibility index (Phi) is 2.38. The van der Waals surface area contributed by atoms with Gasteiger partial charge in [0.25, 0.3) is 0 Å². The van der Waals surface area contributed by atoms with E-state index >= 15 is 0 Å². The van der Waals surface area contributed by atoms with E-state index in [1.165, 1.54) is 12.2 Å². The summed E-state index contributed by atoms with van der Waals surface area (Å²) >= 11 is 5.95. The van der Waals surface area contributed by atoms with Crippen molar-refractivity contribution >= 4 is 17.4 Å². The van der Waals surface area contributed by atoms with Gasteiger partial charge in [-0.1, -0.05) is 29.8 Å². The van der Waals surface area contributed by atoms with Crippen LogP contribution in [-0.4, -0.2) is 17.0 Å². The van der Waals surface area contributed by atoms with Gasteiger partial charge in [-0.3, -0.25) is 4.79 Å². The Morgan fingerprint density at radius 2 is 2.07 bits per heavy atom. The van der Waals surface area contributed by atoms with Crippen molar-refractivity contribution in [3.05, 3.63) is 47.0 Å². The Labute approximate surface area is 92.2 Å². The lowest BCUT2D eigenvalue weighted by atomic mass is 9.86. The van der Waals surface area contributed by atoms with Gasteiger partial charge >= 0.3 is 0 Å². The molecule has 4 heteroatoms. The van der Waals surface area contributed by atoms with Crippen LogP contribution in [0.4, 0.5) is 0 Å². The maximum atomic E-state index is 11.6. The summed E-state index contributed by atoms with van der Waals surface area (Å²) in [4.78, 5) is 11.6. The molecule has 0 saturated heterocycles. The minimum atomic E-state index is -1.43. The van der Waals surface area contributed by atoms with Gasteiger partial charge in [-0.15, -0.1) is 0 Å². The molecule has 78 valence electrons. The molecule has 0 bridgehead atoms. The second kappa shape index (κ2) is 3.45. The van der Waals surface area contributed by atoms with E-state index < -0.39 is 11.6 Å². The monoisotopic (exact) mass is 223 g/mol. The third-order valence-electron chi connectivity index (χ3n) is 2.62. The topological polar surface area (TPSA) is 63.3 Å². The van der Waals surface area contributed by atoms with E-state index in [-0.39, 0.29) is 5.78 Å². The predicted octanol–water partition coefficient (Wildman–Crippen LogP) is 0.994. The fourth-order valence-corrected chi connectivity index (χ4v) is 1.99. The molecule has 0 aliphatic heterocycles. The zero-order valence-electron chi connectivity index (χ0n) is 7.85. The minimum Gasteiger partial charge on any atom is -0.386 e. The van der Waals surface area contributed by atoms with Crippen molar-refractivity contribution in [2.45, 2.75) is 11.6 Å². The molecule has 1 aromatic rings. The van der Waals surface area contributed by atoms with Crippen LogP contribution in [0.5, 0.6) is 0 Å². The highest BCUT2D eigenvalue weighted by molar-refractivity contribution is 6.32. The zero-order valence-corrected chi connectivity index (χ0v) is 8.61. The van der Waals surface area contributed by atoms with Gasteiger partial charge in [0.2, 0.25) is 0 Å². The Balaban J connectivity index is 2.56. The number of carbonyl (C=O) groups excluding carboxylic acids is 1. The predicted molar refractivity (Wildman–Crippen MR) is 57.5 cm³/mol. The lowest BCUT2D eigenvalue weighted by Crippen LogP contribution is -2.50. The highest BCUT2D eigenvalue weighted by Crippen LogP contribution is 2.33. The van der Waals surface area contributed by atoms with Gasteiger partial charge in [-0.25, -0.2) is 0 Å². The van der Waals surface area contributed by atoms with Gasteiger partial charge in [0, 0.05) is 10.6 Å². The lowest BCUT2D eigenvalue weighted by Gasteiger charge is -2.27. The smallest absolute Gasteiger partial charge is 0.182 e. The number of nitrogens with two attached hydrogens (primary N) is 1. The SMILES string of the molecule is N[C@]1(c2ccccc2Cl)C(=O)C=C[C@H]1O. The molecule has 3 nitrogen and oxygen atoms in total. The molecule has 0 unspecified atom stereocenters. The zero-order chi connectivity index (χ0) is 11.1. The average molecular weight is 224 g/mol. The van der Waals surface area contributed by atoms with Crippen LogP contribution in [0.25, 0.3) is 0 Å². The van der Waals surface area contributed by atoms with E-state index in [0.717, 1.165) is 0 Å². The van der Waals surface area contributed by atoms with Crippen molar-refractivity contribution in [3.8, 4) is 0 Å². The van der Waals surface area contributed by atoms with E-state index in [9.17, 15) is 9.90 Å². The summed E-state index contributed by atoms with van der Waals surface area (Å²) in [5.41, 5.74) is 4.94. The first-order valence-electron chi connectivity index (χ1n) is 4.51. The van der Waals surface area contributed by atoms with Crippen molar-refractivity contribution < 1.29 is 9.90 Å². The normalized spacial score (nSPS) is 29.8. The molecule has 0 spiro atoms. The fraction of sp³-hybridized carbons (Fsp3) is 0.182. The standard InChI is InChI=1S/C11H10ClNO2/c12-8-4-2-1-3-7(8)11(13)9(14)5-6-10(11)15/h1-6,9,14H,13H2/t9-,11+/m1/s1. The lowest BCUT2D eigenvalue weighted by molar-refractivity contribution is -0.121. The quantitative estimate of drug-likeness (QED) is 0.747. The van der Waals surface area contributed by atoms with Gasteiger partial charge in [-0.2, -0.15) is 0 Å². The maximum absolute atomic E-state index is 11.6. The van der Waals surface area contributed by atoms with Gasteiger partial charge in [0.15, 0.2) is 5.78 Å². The van der Waals surface area contributed by atoms with Gasteiger partial charge < -0.3 is 10.8 Å². The van der Waals surface area contributed by atoms with E-state index in [1.54, 1.807) is 24.3 Å². The maximum Gasteiger partial charge on any atom is 0.182 e. The van der Waals surface area contributed by atoms with Crippen LogP contribution in [0.2, 0.25) is 5.02 Å². The number of aliphatic hydroxyl groups excluding tert-OH is 1. The molecule has 1 aliphatic rings. The number of hydrogen-bond donors (Lipinski definition) is 2. The summed E-state index contributed by atoms with van der Waals surface area (Å²) in [6, 6.07) is 6.77. The summed E-state index contributed by atoms with van der Waals surface area (Å²) in [5, 5.41) is 10.1. The van der Waals surface area contributed by atoms with Crippen LogP contribution in [0.15, 0.2) is 36.4 Å². The largest absolute Gasteiger partial charge is 0.386 e. The number of ketones is 1. The van der Waals surface area contributed by atoms with E-state index in [2.05, 4.69) is 0 Å². The molecule has 0 heterocycles. The van der Waals surface area contributed by atoms with Crippen molar-refractivity contribution in [2.75, 3.05) is 0 Å². The van der Waals surface area contributed by atoms with Crippen molar-refractivity contribution in [3.63, 3.8) is 0 Å². The molecule has 1 aromatic carbocycles. The Morgan fingerprint density at radius 1 is 1.40 bits per heavy atom. The number of hydrogen-bond acceptors (Lipinski definition) is 3. The van der Waals surface area contributed by atoms with Crippen LogP contribution in [0.1, 0.15) is 5.56 Å². The number of aliphatic hydroxyl groups is 1. The first-order valence-corrected chi connectivity index (χ1v) is 4.89. The molecular formula is C11H10ClNO2. The first-order chi connectivity index (χ1) is 7.06. The number of benzene rings is 1. The van der Waals surface area contributed by atoms with Gasteiger partial charge in [0.1, 0.15) is 11.6 Å². The number of rotatable bonds is 1. The second-order valence-electron chi connectivity index (χ2n) is 3.52. The van der Waals surface area contributed by atoms with E-state index in [1.807, 2.05) is 0 Å². The molecule has 15 heavy (non-hydrogen) atoms. The summed E-state index contributed by atoms with van der Waals surface area (Å²) in [7, 11) is 0. The summed E-state index contributed by atoms with van der Waals surface area (Å²) in [6.45, 7) is 0.